The number of hydrogen-bond donors (Lipinski definition) is 3. The number of ether oxygens (including phenoxy) is 1. The first-order valence-corrected chi connectivity index (χ1v) is 6.00. The highest BCUT2D eigenvalue weighted by Gasteiger charge is 2.34. The summed E-state index contributed by atoms with van der Waals surface area (Å²) in [5, 5.41) is 20.1. The van der Waals surface area contributed by atoms with E-state index in [4.69, 9.17) is 14.9 Å². The summed E-state index contributed by atoms with van der Waals surface area (Å²) in [6, 6.07) is 5.66. The van der Waals surface area contributed by atoms with Crippen molar-refractivity contribution in [3.8, 4) is 0 Å². The minimum Gasteiger partial charge on any atom is -0.479 e. The smallest absolute Gasteiger partial charge is 0.335 e. The van der Waals surface area contributed by atoms with E-state index in [-0.39, 0.29) is 5.56 Å². The minimum absolute atomic E-state index is 0.117. The van der Waals surface area contributed by atoms with Crippen molar-refractivity contribution in [1.29, 1.82) is 0 Å². The molecule has 0 spiro atoms. The number of aliphatic carboxylic acids is 1. The highest BCUT2D eigenvalue weighted by molar-refractivity contribution is 5.95. The van der Waals surface area contributed by atoms with Gasteiger partial charge in [-0.3, -0.25) is 4.79 Å². The van der Waals surface area contributed by atoms with E-state index in [1.807, 2.05) is 0 Å². The molecule has 0 bridgehead atoms. The molecule has 0 aliphatic carbocycles. The molecular formula is C13H13NO6. The van der Waals surface area contributed by atoms with Crippen LogP contribution in [-0.2, 0) is 14.3 Å². The normalized spacial score (nSPS) is 21.4. The highest BCUT2D eigenvalue weighted by atomic mass is 16.5. The first-order valence-electron chi connectivity index (χ1n) is 6.00. The lowest BCUT2D eigenvalue weighted by Gasteiger charge is -2.11. The number of carbonyl (C=O) groups is 3. The number of anilines is 1. The number of benzene rings is 1. The van der Waals surface area contributed by atoms with E-state index in [2.05, 4.69) is 5.32 Å². The predicted octanol–water partition coefficient (Wildman–Crippen LogP) is 0.955. The van der Waals surface area contributed by atoms with Crippen LogP contribution < -0.4 is 5.32 Å². The van der Waals surface area contributed by atoms with E-state index < -0.39 is 30.1 Å². The maximum atomic E-state index is 11.9. The van der Waals surface area contributed by atoms with E-state index in [9.17, 15) is 14.4 Å². The summed E-state index contributed by atoms with van der Waals surface area (Å²) in [6.07, 6.45) is -1.10. The molecule has 0 aromatic heterocycles. The van der Waals surface area contributed by atoms with Crippen molar-refractivity contribution in [1.82, 2.24) is 0 Å². The molecule has 1 heterocycles. The van der Waals surface area contributed by atoms with Gasteiger partial charge < -0.3 is 20.3 Å². The van der Waals surface area contributed by atoms with Crippen LogP contribution in [0.4, 0.5) is 5.69 Å². The van der Waals surface area contributed by atoms with Crippen LogP contribution in [-0.4, -0.2) is 40.3 Å². The third-order valence-electron chi connectivity index (χ3n) is 2.99. The van der Waals surface area contributed by atoms with Crippen LogP contribution in [0.5, 0.6) is 0 Å². The Morgan fingerprint density at radius 3 is 2.15 bits per heavy atom. The molecule has 1 saturated heterocycles. The van der Waals surface area contributed by atoms with Gasteiger partial charge in [0.15, 0.2) is 6.10 Å². The van der Waals surface area contributed by atoms with Crippen molar-refractivity contribution in [2.45, 2.75) is 25.0 Å². The largest absolute Gasteiger partial charge is 0.479 e. The topological polar surface area (TPSA) is 113 Å². The Balaban J connectivity index is 1.95. The maximum Gasteiger partial charge on any atom is 0.335 e. The molecule has 7 heteroatoms. The minimum atomic E-state index is -1.08. The monoisotopic (exact) mass is 279 g/mol. The number of carboxylic acids is 2. The zero-order valence-corrected chi connectivity index (χ0v) is 10.4. The van der Waals surface area contributed by atoms with Gasteiger partial charge in [0.2, 0.25) is 0 Å². The molecule has 0 unspecified atom stereocenters. The Morgan fingerprint density at radius 2 is 1.65 bits per heavy atom. The van der Waals surface area contributed by atoms with E-state index in [0.717, 1.165) is 0 Å². The number of aromatic carboxylic acids is 1. The van der Waals surface area contributed by atoms with Crippen LogP contribution in [0.1, 0.15) is 23.2 Å². The fourth-order valence-electron chi connectivity index (χ4n) is 1.93. The van der Waals surface area contributed by atoms with Crippen molar-refractivity contribution >= 4 is 23.5 Å². The maximum absolute atomic E-state index is 11.9. The van der Waals surface area contributed by atoms with Crippen molar-refractivity contribution < 1.29 is 29.3 Å². The lowest BCUT2D eigenvalue weighted by atomic mass is 10.1. The van der Waals surface area contributed by atoms with E-state index in [1.54, 1.807) is 0 Å². The highest BCUT2D eigenvalue weighted by Crippen LogP contribution is 2.21. The molecule has 106 valence electrons. The molecule has 0 radical (unpaired) electrons. The van der Waals surface area contributed by atoms with E-state index in [1.165, 1.54) is 24.3 Å². The van der Waals surface area contributed by atoms with Gasteiger partial charge in [-0.1, -0.05) is 0 Å². The summed E-state index contributed by atoms with van der Waals surface area (Å²) < 4.78 is 5.11. The van der Waals surface area contributed by atoms with Gasteiger partial charge in [-0.2, -0.15) is 0 Å². The second-order valence-corrected chi connectivity index (χ2v) is 4.40. The fraction of sp³-hybridized carbons (Fsp3) is 0.308. The van der Waals surface area contributed by atoms with Gasteiger partial charge in [0, 0.05) is 5.69 Å². The van der Waals surface area contributed by atoms with Crippen molar-refractivity contribution in [2.75, 3.05) is 5.32 Å². The van der Waals surface area contributed by atoms with Crippen LogP contribution in [0.25, 0.3) is 0 Å². The van der Waals surface area contributed by atoms with Crippen molar-refractivity contribution in [2.24, 2.45) is 0 Å². The molecule has 7 nitrogen and oxygen atoms in total. The molecular weight excluding hydrogens is 266 g/mol. The quantitative estimate of drug-likeness (QED) is 0.756. The Kier molecular flexibility index (Phi) is 3.99. The molecule has 1 aromatic rings. The zero-order valence-electron chi connectivity index (χ0n) is 10.4. The summed E-state index contributed by atoms with van der Waals surface area (Å²) >= 11 is 0. The third-order valence-corrected chi connectivity index (χ3v) is 2.99. The first-order chi connectivity index (χ1) is 9.47. The fourth-order valence-corrected chi connectivity index (χ4v) is 1.93. The van der Waals surface area contributed by atoms with Crippen molar-refractivity contribution in [3.63, 3.8) is 0 Å². The summed E-state index contributed by atoms with van der Waals surface area (Å²) in [5.74, 6) is -2.56. The van der Waals surface area contributed by atoms with Crippen LogP contribution in [0, 0.1) is 0 Å². The van der Waals surface area contributed by atoms with Gasteiger partial charge in [0.1, 0.15) is 6.10 Å². The van der Waals surface area contributed by atoms with Crippen LogP contribution in [0.15, 0.2) is 24.3 Å². The number of carboxylic acid groups (broad SMARTS) is 2. The second-order valence-electron chi connectivity index (χ2n) is 4.40. The van der Waals surface area contributed by atoms with Crippen LogP contribution >= 0.6 is 0 Å². The van der Waals surface area contributed by atoms with Crippen molar-refractivity contribution in [3.05, 3.63) is 29.8 Å². The van der Waals surface area contributed by atoms with Gasteiger partial charge >= 0.3 is 11.9 Å². The average molecular weight is 279 g/mol. The first kappa shape index (κ1) is 14.0. The molecule has 1 fully saturated rings. The third kappa shape index (κ3) is 3.12. The molecule has 20 heavy (non-hydrogen) atoms. The summed E-state index contributed by atoms with van der Waals surface area (Å²) in [7, 11) is 0. The molecule has 3 N–H and O–H groups in total. The summed E-state index contributed by atoms with van der Waals surface area (Å²) in [5.41, 5.74) is 0.549. The number of rotatable bonds is 4. The zero-order chi connectivity index (χ0) is 14.7. The summed E-state index contributed by atoms with van der Waals surface area (Å²) in [4.78, 5) is 33.3. The summed E-state index contributed by atoms with van der Waals surface area (Å²) in [6.45, 7) is 0. The molecule has 1 aromatic carbocycles. The molecule has 2 rings (SSSR count). The Morgan fingerprint density at radius 1 is 1.05 bits per heavy atom. The number of carbonyl (C=O) groups excluding carboxylic acids is 1. The predicted molar refractivity (Wildman–Crippen MR) is 67.6 cm³/mol. The van der Waals surface area contributed by atoms with Crippen LogP contribution in [0.3, 0.4) is 0 Å². The Labute approximate surface area is 114 Å². The number of hydrogen-bond acceptors (Lipinski definition) is 4. The van der Waals surface area contributed by atoms with Gasteiger partial charge in [-0.15, -0.1) is 0 Å². The van der Waals surface area contributed by atoms with Gasteiger partial charge in [-0.25, -0.2) is 9.59 Å². The van der Waals surface area contributed by atoms with Gasteiger partial charge in [-0.05, 0) is 37.1 Å². The Bertz CT molecular complexity index is 538. The molecule has 1 aliphatic rings. The second kappa shape index (κ2) is 5.70. The Hall–Kier alpha value is -2.41. The standard InChI is InChI=1S/C13H13NO6/c15-11(9-5-6-10(20-9)13(18)19)14-8-3-1-7(2-4-8)12(16)17/h1-4,9-10H,5-6H2,(H,14,15)(H,16,17)(H,18,19)/t9-,10+/m0/s1. The van der Waals surface area contributed by atoms with E-state index >= 15 is 0 Å². The molecule has 1 aliphatic heterocycles. The number of amides is 1. The number of nitrogens with one attached hydrogen (secondary N) is 1. The van der Waals surface area contributed by atoms with Gasteiger partial charge in [0.25, 0.3) is 5.91 Å². The average Bonchev–Trinajstić information content (AvgIpc) is 2.89. The molecule has 2 atom stereocenters. The molecule has 0 saturated carbocycles. The lowest BCUT2D eigenvalue weighted by Crippen LogP contribution is -2.29. The van der Waals surface area contributed by atoms with Gasteiger partial charge in [0.05, 0.1) is 5.56 Å². The molecule has 1 amide bonds. The van der Waals surface area contributed by atoms with Crippen LogP contribution in [0.2, 0.25) is 0 Å². The lowest BCUT2D eigenvalue weighted by molar-refractivity contribution is -0.150. The van der Waals surface area contributed by atoms with E-state index in [0.29, 0.717) is 18.5 Å². The SMILES string of the molecule is O=C(O)c1ccc(NC(=O)[C@@H]2CC[C@H](C(=O)O)O2)cc1.